The Kier molecular flexibility index (Phi) is 3.44. The van der Waals surface area contributed by atoms with E-state index in [0.717, 1.165) is 11.6 Å². The predicted molar refractivity (Wildman–Crippen MR) is 85.9 cm³/mol. The minimum Gasteiger partial charge on any atom is -0.282 e. The Labute approximate surface area is 139 Å². The minimum atomic E-state index is -4.73. The number of hydrogen-bond donors (Lipinski definition) is 2. The molecule has 1 aliphatic carbocycles. The average Bonchev–Trinajstić information content (AvgIpc) is 2.72. The van der Waals surface area contributed by atoms with Crippen molar-refractivity contribution < 1.29 is 25.9 Å². The number of allylic oxidation sites excluding steroid dienone is 3. The topological polar surface area (TPSA) is 121 Å². The summed E-state index contributed by atoms with van der Waals surface area (Å²) in [5.41, 5.74) is 1.74. The monoisotopic (exact) mass is 369 g/mol. The number of hydrogen-bond acceptors (Lipinski definition) is 5. The normalized spacial score (nSPS) is 19.1. The van der Waals surface area contributed by atoms with Crippen LogP contribution in [-0.2, 0) is 20.2 Å². The second-order valence-electron chi connectivity index (χ2n) is 6.37. The van der Waals surface area contributed by atoms with Gasteiger partial charge in [0.2, 0.25) is 0 Å². The third kappa shape index (κ3) is 2.63. The van der Waals surface area contributed by atoms with Gasteiger partial charge >= 0.3 is 0 Å². The lowest BCUT2D eigenvalue weighted by Gasteiger charge is -2.26. The Balaban J connectivity index is 2.54. The summed E-state index contributed by atoms with van der Waals surface area (Å²) >= 11 is 0. The Morgan fingerprint density at radius 1 is 1.04 bits per heavy atom. The molecule has 1 heterocycles. The van der Waals surface area contributed by atoms with Crippen LogP contribution in [0.25, 0.3) is 5.57 Å². The number of rotatable bonds is 2. The van der Waals surface area contributed by atoms with Crippen molar-refractivity contribution >= 4 is 25.8 Å². The van der Waals surface area contributed by atoms with Crippen molar-refractivity contribution in [2.24, 2.45) is 10.4 Å². The zero-order valence-corrected chi connectivity index (χ0v) is 14.7. The number of fused-ring (bicyclic) bond motifs is 2. The molecule has 0 unspecified atom stereocenters. The molecular weight excluding hydrogens is 354 g/mol. The standard InChI is InChI=1S/C15H15NO6S2/c1-8-4-10-11-5-9(23(17,18)19)6-13(24(20,21)22)14(11)16-12(10)7-15(8,2)3/h4-7H,1-3H3,(H,17,18,19)(H,20,21,22). The lowest BCUT2D eigenvalue weighted by Crippen LogP contribution is -2.30. The van der Waals surface area contributed by atoms with Gasteiger partial charge in [0.05, 0.1) is 15.9 Å². The first-order valence-corrected chi connectivity index (χ1v) is 9.83. The first-order chi connectivity index (χ1) is 10.8. The SMILES string of the molecule is CC1=CC2=c3cc(S(=O)(=O)O)cc(S(=O)(=O)O)c3=NC2=CC1(C)C. The van der Waals surface area contributed by atoms with E-state index in [9.17, 15) is 25.9 Å². The van der Waals surface area contributed by atoms with E-state index in [-0.39, 0.29) is 16.0 Å². The molecular formula is C15H15NO6S2. The third-order valence-corrected chi connectivity index (χ3v) is 6.00. The van der Waals surface area contributed by atoms with Crippen LogP contribution in [0.5, 0.6) is 0 Å². The van der Waals surface area contributed by atoms with Gasteiger partial charge in [0.25, 0.3) is 20.2 Å². The van der Waals surface area contributed by atoms with Crippen LogP contribution in [0.1, 0.15) is 20.8 Å². The molecule has 0 spiro atoms. The molecule has 128 valence electrons. The molecule has 1 aromatic rings. The van der Waals surface area contributed by atoms with Crippen molar-refractivity contribution in [3.05, 3.63) is 46.1 Å². The van der Waals surface area contributed by atoms with Crippen LogP contribution >= 0.6 is 0 Å². The first kappa shape index (κ1) is 17.0. The van der Waals surface area contributed by atoms with Gasteiger partial charge in [-0.15, -0.1) is 0 Å². The van der Waals surface area contributed by atoms with Crippen molar-refractivity contribution in [2.75, 3.05) is 0 Å². The van der Waals surface area contributed by atoms with E-state index < -0.39 is 30.0 Å². The van der Waals surface area contributed by atoms with Crippen LogP contribution in [-0.4, -0.2) is 25.9 Å². The zero-order valence-electron chi connectivity index (χ0n) is 13.1. The molecule has 2 aliphatic rings. The van der Waals surface area contributed by atoms with Crippen molar-refractivity contribution in [3.8, 4) is 0 Å². The quantitative estimate of drug-likeness (QED) is 0.745. The minimum absolute atomic E-state index is 0.0344. The second-order valence-corrected chi connectivity index (χ2v) is 9.18. The fraction of sp³-hybridized carbons (Fsp3) is 0.267. The summed E-state index contributed by atoms with van der Waals surface area (Å²) in [4.78, 5) is 2.99. The molecule has 1 aromatic carbocycles. The summed E-state index contributed by atoms with van der Waals surface area (Å²) in [5.74, 6) is 0. The van der Waals surface area contributed by atoms with Crippen molar-refractivity contribution in [1.29, 1.82) is 0 Å². The maximum Gasteiger partial charge on any atom is 0.296 e. The van der Waals surface area contributed by atoms with Crippen LogP contribution in [0.3, 0.4) is 0 Å². The van der Waals surface area contributed by atoms with Crippen LogP contribution in [0.4, 0.5) is 0 Å². The molecule has 0 atom stereocenters. The number of nitrogens with zero attached hydrogens (tertiary/aromatic N) is 1. The fourth-order valence-electron chi connectivity index (χ4n) is 2.69. The van der Waals surface area contributed by atoms with Crippen LogP contribution < -0.4 is 10.6 Å². The first-order valence-electron chi connectivity index (χ1n) is 6.95. The average molecular weight is 369 g/mol. The second kappa shape index (κ2) is 4.85. The van der Waals surface area contributed by atoms with E-state index >= 15 is 0 Å². The highest BCUT2D eigenvalue weighted by atomic mass is 32.2. The van der Waals surface area contributed by atoms with Gasteiger partial charge in [0, 0.05) is 16.2 Å². The molecule has 3 rings (SSSR count). The molecule has 0 bridgehead atoms. The van der Waals surface area contributed by atoms with Gasteiger partial charge < -0.3 is 0 Å². The molecule has 0 fully saturated rings. The van der Waals surface area contributed by atoms with Gasteiger partial charge in [-0.3, -0.25) is 9.11 Å². The summed E-state index contributed by atoms with van der Waals surface area (Å²) in [6, 6.07) is 1.86. The van der Waals surface area contributed by atoms with E-state index in [0.29, 0.717) is 17.3 Å². The molecule has 0 aromatic heterocycles. The highest BCUT2D eigenvalue weighted by Gasteiger charge is 2.29. The molecule has 0 radical (unpaired) electrons. The molecule has 0 amide bonds. The summed E-state index contributed by atoms with van der Waals surface area (Å²) in [7, 11) is -9.38. The van der Waals surface area contributed by atoms with Gasteiger partial charge in [0.1, 0.15) is 4.90 Å². The van der Waals surface area contributed by atoms with Gasteiger partial charge in [-0.05, 0) is 25.1 Å². The number of benzene rings is 1. The van der Waals surface area contributed by atoms with E-state index in [4.69, 9.17) is 0 Å². The van der Waals surface area contributed by atoms with E-state index in [1.165, 1.54) is 0 Å². The Morgan fingerprint density at radius 3 is 2.21 bits per heavy atom. The summed E-state index contributed by atoms with van der Waals surface area (Å²) in [6.07, 6.45) is 3.64. The Hall–Kier alpha value is -1.81. The van der Waals surface area contributed by atoms with Crippen molar-refractivity contribution in [3.63, 3.8) is 0 Å². The molecule has 1 aliphatic heterocycles. The molecule has 9 heteroatoms. The third-order valence-electron chi connectivity index (χ3n) is 4.30. The van der Waals surface area contributed by atoms with Crippen LogP contribution in [0, 0.1) is 5.41 Å². The highest BCUT2D eigenvalue weighted by molar-refractivity contribution is 7.86. The molecule has 24 heavy (non-hydrogen) atoms. The Bertz CT molecular complexity index is 1170. The van der Waals surface area contributed by atoms with Gasteiger partial charge in [-0.2, -0.15) is 16.8 Å². The smallest absolute Gasteiger partial charge is 0.282 e. The van der Waals surface area contributed by atoms with Crippen molar-refractivity contribution in [1.82, 2.24) is 0 Å². The fourth-order valence-corrected chi connectivity index (χ4v) is 3.97. The van der Waals surface area contributed by atoms with Crippen LogP contribution in [0.15, 0.2) is 50.3 Å². The summed E-state index contributed by atoms with van der Waals surface area (Å²) < 4.78 is 64.9. The lowest BCUT2D eigenvalue weighted by atomic mass is 9.79. The van der Waals surface area contributed by atoms with Crippen molar-refractivity contribution in [2.45, 2.75) is 30.6 Å². The van der Waals surface area contributed by atoms with Gasteiger partial charge in [-0.1, -0.05) is 25.5 Å². The van der Waals surface area contributed by atoms with Gasteiger partial charge in [-0.25, -0.2) is 4.99 Å². The maximum absolute atomic E-state index is 11.6. The largest absolute Gasteiger partial charge is 0.296 e. The highest BCUT2D eigenvalue weighted by Crippen LogP contribution is 2.37. The van der Waals surface area contributed by atoms with E-state index in [1.807, 2.05) is 26.8 Å². The predicted octanol–water partition coefficient (Wildman–Crippen LogP) is 0.834. The molecule has 0 saturated carbocycles. The van der Waals surface area contributed by atoms with Gasteiger partial charge in [0.15, 0.2) is 0 Å². The maximum atomic E-state index is 11.6. The lowest BCUT2D eigenvalue weighted by molar-refractivity contribution is 0.480. The van der Waals surface area contributed by atoms with Crippen LogP contribution in [0.2, 0.25) is 0 Å². The Morgan fingerprint density at radius 2 is 1.67 bits per heavy atom. The van der Waals surface area contributed by atoms with E-state index in [1.54, 1.807) is 6.08 Å². The molecule has 0 saturated heterocycles. The molecule has 7 nitrogen and oxygen atoms in total. The van der Waals surface area contributed by atoms with E-state index in [2.05, 4.69) is 4.99 Å². The summed E-state index contributed by atoms with van der Waals surface area (Å²) in [5, 5.41) is 0.201. The zero-order chi connectivity index (χ0) is 18.1. The summed E-state index contributed by atoms with van der Waals surface area (Å²) in [6.45, 7) is 5.83. The molecule has 2 N–H and O–H groups in total.